The first-order chi connectivity index (χ1) is 3.31. The van der Waals surface area contributed by atoms with E-state index in [4.69, 9.17) is 4.74 Å². The average molecular weight is 103 g/mol. The first kappa shape index (κ1) is 6.92. The van der Waals surface area contributed by atoms with Crippen LogP contribution in [0.3, 0.4) is 0 Å². The van der Waals surface area contributed by atoms with Crippen LogP contribution in [0.25, 0.3) is 0 Å². The first-order valence-electron chi connectivity index (χ1n) is 2.51. The molecule has 0 saturated carbocycles. The predicted molar refractivity (Wildman–Crippen MR) is 26.6 cm³/mol. The maximum atomic E-state index is 9.89. The first-order valence-corrected chi connectivity index (χ1v) is 2.51. The Kier molecular flexibility index (Phi) is 4.04. The molecule has 0 bridgehead atoms. The summed E-state index contributed by atoms with van der Waals surface area (Å²) in [4.78, 5) is 0. The lowest BCUT2D eigenvalue weighted by atomic mass is 10.4. The molecule has 0 aromatic rings. The van der Waals surface area contributed by atoms with Crippen molar-refractivity contribution in [2.75, 3.05) is 13.2 Å². The molecular formula is C5H11O2. The lowest BCUT2D eigenvalue weighted by Crippen LogP contribution is -2.10. The Hall–Kier alpha value is -0.0800. The van der Waals surface area contributed by atoms with Crippen molar-refractivity contribution in [3.05, 3.63) is 0 Å². The molecule has 0 N–H and O–H groups in total. The highest BCUT2D eigenvalue weighted by Gasteiger charge is 1.94. The van der Waals surface area contributed by atoms with E-state index in [9.17, 15) is 5.11 Å². The molecule has 0 saturated heterocycles. The third-order valence-electron chi connectivity index (χ3n) is 0.686. The van der Waals surface area contributed by atoms with E-state index >= 15 is 0 Å². The van der Waals surface area contributed by atoms with Gasteiger partial charge in [-0.1, -0.05) is 0 Å². The molecule has 0 aliphatic heterocycles. The van der Waals surface area contributed by atoms with Crippen molar-refractivity contribution < 1.29 is 9.84 Å². The lowest BCUT2D eigenvalue weighted by Gasteiger charge is -2.03. The zero-order valence-electron chi connectivity index (χ0n) is 4.81. The van der Waals surface area contributed by atoms with Crippen LogP contribution < -0.4 is 0 Å². The number of hydrogen-bond donors (Lipinski definition) is 0. The van der Waals surface area contributed by atoms with Gasteiger partial charge in [0.05, 0.1) is 6.10 Å². The van der Waals surface area contributed by atoms with Crippen LogP contribution in [0.4, 0.5) is 0 Å². The molecule has 1 radical (unpaired) electrons. The van der Waals surface area contributed by atoms with Gasteiger partial charge < -0.3 is 4.74 Å². The molecule has 0 aliphatic rings. The highest BCUT2D eigenvalue weighted by atomic mass is 16.5. The van der Waals surface area contributed by atoms with Crippen molar-refractivity contribution in [1.82, 2.24) is 0 Å². The summed E-state index contributed by atoms with van der Waals surface area (Å²) in [5.74, 6) is 0. The third-order valence-corrected chi connectivity index (χ3v) is 0.686. The molecule has 0 rings (SSSR count). The Morgan fingerprint density at radius 3 is 2.43 bits per heavy atom. The van der Waals surface area contributed by atoms with Crippen molar-refractivity contribution >= 4 is 0 Å². The molecular weight excluding hydrogens is 92.1 g/mol. The minimum absolute atomic E-state index is 0.106. The van der Waals surface area contributed by atoms with Gasteiger partial charge in [0.2, 0.25) is 0 Å². The normalized spacial score (nSPS) is 14.1. The van der Waals surface area contributed by atoms with Crippen LogP contribution in [0, 0.1) is 0 Å². The smallest absolute Gasteiger partial charge is 0.108 e. The quantitative estimate of drug-likeness (QED) is 0.520. The summed E-state index contributed by atoms with van der Waals surface area (Å²) < 4.78 is 4.88. The van der Waals surface area contributed by atoms with Crippen LogP contribution in [0.5, 0.6) is 0 Å². The minimum atomic E-state index is -0.131. The second kappa shape index (κ2) is 4.09. The van der Waals surface area contributed by atoms with Crippen molar-refractivity contribution in [2.45, 2.75) is 20.0 Å². The van der Waals surface area contributed by atoms with E-state index < -0.39 is 0 Å². The van der Waals surface area contributed by atoms with Gasteiger partial charge in [-0.3, -0.25) is 0 Å². The van der Waals surface area contributed by atoms with Gasteiger partial charge in [-0.25, -0.2) is 5.11 Å². The van der Waals surface area contributed by atoms with Crippen LogP contribution in [-0.2, 0) is 9.84 Å². The van der Waals surface area contributed by atoms with Crippen LogP contribution in [-0.4, -0.2) is 19.3 Å². The van der Waals surface area contributed by atoms with Crippen LogP contribution in [0.2, 0.25) is 0 Å². The highest BCUT2D eigenvalue weighted by Crippen LogP contribution is 1.85. The summed E-state index contributed by atoms with van der Waals surface area (Å²) in [6.45, 7) is 4.17. The molecule has 0 spiro atoms. The predicted octanol–water partition coefficient (Wildman–Crippen LogP) is 0.842. The van der Waals surface area contributed by atoms with E-state index in [2.05, 4.69) is 0 Å². The maximum absolute atomic E-state index is 9.89. The van der Waals surface area contributed by atoms with Gasteiger partial charge in [0.15, 0.2) is 0 Å². The summed E-state index contributed by atoms with van der Waals surface area (Å²) in [5.41, 5.74) is 0. The van der Waals surface area contributed by atoms with Gasteiger partial charge >= 0.3 is 0 Å². The molecule has 1 atom stereocenters. The fraction of sp³-hybridized carbons (Fsp3) is 1.00. The van der Waals surface area contributed by atoms with Gasteiger partial charge in [0.25, 0.3) is 0 Å². The largest absolute Gasteiger partial charge is 0.376 e. The Morgan fingerprint density at radius 2 is 2.29 bits per heavy atom. The summed E-state index contributed by atoms with van der Waals surface area (Å²) in [5, 5.41) is 9.89. The molecule has 0 aliphatic carbocycles. The van der Waals surface area contributed by atoms with Gasteiger partial charge in [-0.15, -0.1) is 0 Å². The zero-order chi connectivity index (χ0) is 5.70. The fourth-order valence-electron chi connectivity index (χ4n) is 0.333. The van der Waals surface area contributed by atoms with Crippen molar-refractivity contribution in [1.29, 1.82) is 0 Å². The van der Waals surface area contributed by atoms with Gasteiger partial charge in [0.1, 0.15) is 6.61 Å². The van der Waals surface area contributed by atoms with E-state index in [1.165, 1.54) is 0 Å². The monoisotopic (exact) mass is 103 g/mol. The molecule has 0 heterocycles. The lowest BCUT2D eigenvalue weighted by molar-refractivity contribution is 0.00829. The Bertz CT molecular complexity index is 37.1. The summed E-state index contributed by atoms with van der Waals surface area (Å²) >= 11 is 0. The van der Waals surface area contributed by atoms with E-state index in [1.54, 1.807) is 6.92 Å². The molecule has 0 fully saturated rings. The van der Waals surface area contributed by atoms with Gasteiger partial charge in [-0.2, -0.15) is 0 Å². The minimum Gasteiger partial charge on any atom is -0.376 e. The summed E-state index contributed by atoms with van der Waals surface area (Å²) in [6.07, 6.45) is -0.106. The summed E-state index contributed by atoms with van der Waals surface area (Å²) in [6, 6.07) is 0. The molecule has 7 heavy (non-hydrogen) atoms. The second-order valence-electron chi connectivity index (χ2n) is 1.43. The zero-order valence-corrected chi connectivity index (χ0v) is 4.81. The topological polar surface area (TPSA) is 29.1 Å². The van der Waals surface area contributed by atoms with Crippen LogP contribution in [0.15, 0.2) is 0 Å². The molecule has 0 amide bonds. The Balaban J connectivity index is 2.83. The van der Waals surface area contributed by atoms with E-state index in [1.807, 2.05) is 6.92 Å². The molecule has 1 unspecified atom stereocenters. The second-order valence-corrected chi connectivity index (χ2v) is 1.43. The molecule has 2 nitrogen and oxygen atoms in total. The van der Waals surface area contributed by atoms with Gasteiger partial charge in [0, 0.05) is 6.61 Å². The Labute approximate surface area is 44.1 Å². The number of ether oxygens (including phenoxy) is 1. The van der Waals surface area contributed by atoms with Crippen molar-refractivity contribution in [3.8, 4) is 0 Å². The van der Waals surface area contributed by atoms with Crippen molar-refractivity contribution in [3.63, 3.8) is 0 Å². The van der Waals surface area contributed by atoms with E-state index in [0.717, 1.165) is 0 Å². The fourth-order valence-corrected chi connectivity index (χ4v) is 0.333. The number of hydrogen-bond acceptors (Lipinski definition) is 1. The number of rotatable bonds is 3. The molecule has 43 valence electrons. The molecule has 0 aromatic heterocycles. The summed E-state index contributed by atoms with van der Waals surface area (Å²) in [7, 11) is 0. The van der Waals surface area contributed by atoms with E-state index in [0.29, 0.717) is 6.61 Å². The standard InChI is InChI=1S/C5H11O2/c1-3-7-5(2)4-6/h5H,3-4H2,1-2H3. The van der Waals surface area contributed by atoms with Crippen molar-refractivity contribution in [2.24, 2.45) is 0 Å². The van der Waals surface area contributed by atoms with Crippen LogP contribution >= 0.6 is 0 Å². The third kappa shape index (κ3) is 3.76. The SMILES string of the molecule is CCOC(C)C[O]. The molecule has 2 heteroatoms. The maximum Gasteiger partial charge on any atom is 0.108 e. The highest BCUT2D eigenvalue weighted by molar-refractivity contribution is 4.40. The van der Waals surface area contributed by atoms with Gasteiger partial charge in [-0.05, 0) is 13.8 Å². The molecule has 0 aromatic carbocycles. The average Bonchev–Trinajstić information content (AvgIpc) is 1.68. The van der Waals surface area contributed by atoms with E-state index in [-0.39, 0.29) is 12.7 Å². The Morgan fingerprint density at radius 1 is 1.71 bits per heavy atom. The van der Waals surface area contributed by atoms with Crippen LogP contribution in [0.1, 0.15) is 13.8 Å².